The highest BCUT2D eigenvalue weighted by Crippen LogP contribution is 2.20. The molecule has 0 atom stereocenters. The molecule has 3 N–H and O–H groups in total. The van der Waals surface area contributed by atoms with Crippen LogP contribution in [-0.2, 0) is 10.0 Å². The number of rotatable bonds is 8. The molecule has 0 radical (unpaired) electrons. The van der Waals surface area contributed by atoms with E-state index in [0.29, 0.717) is 17.1 Å². The van der Waals surface area contributed by atoms with Crippen LogP contribution in [0, 0.1) is 13.8 Å². The number of nitrogens with one attached hydrogen (secondary N) is 3. The Labute approximate surface area is 137 Å². The number of sulfonamides is 1. The van der Waals surface area contributed by atoms with Crippen LogP contribution in [0.3, 0.4) is 0 Å². The van der Waals surface area contributed by atoms with E-state index in [-0.39, 0.29) is 4.90 Å². The van der Waals surface area contributed by atoms with Gasteiger partial charge in [-0.2, -0.15) is 5.10 Å². The SMILES string of the molecule is CCCCCNc1ccc(NS(=O)(=O)c2c(C)n[nH]c2C)cn1. The summed E-state index contributed by atoms with van der Waals surface area (Å²) in [5, 5.41) is 9.81. The minimum atomic E-state index is -3.67. The third-order valence-electron chi connectivity index (χ3n) is 3.43. The molecule has 2 rings (SSSR count). The zero-order chi connectivity index (χ0) is 16.9. The fourth-order valence-electron chi connectivity index (χ4n) is 2.29. The first-order chi connectivity index (χ1) is 10.9. The summed E-state index contributed by atoms with van der Waals surface area (Å²) in [4.78, 5) is 4.41. The first-order valence-corrected chi connectivity index (χ1v) is 9.16. The summed E-state index contributed by atoms with van der Waals surface area (Å²) < 4.78 is 27.4. The van der Waals surface area contributed by atoms with E-state index in [9.17, 15) is 8.42 Å². The van der Waals surface area contributed by atoms with Crippen LogP contribution in [0.15, 0.2) is 23.2 Å². The number of hydrogen-bond acceptors (Lipinski definition) is 5. The Kier molecular flexibility index (Phi) is 5.59. The van der Waals surface area contributed by atoms with Gasteiger partial charge in [0.2, 0.25) is 0 Å². The van der Waals surface area contributed by atoms with Crippen molar-refractivity contribution in [2.24, 2.45) is 0 Å². The molecule has 7 nitrogen and oxygen atoms in total. The van der Waals surface area contributed by atoms with E-state index in [0.717, 1.165) is 18.8 Å². The number of aromatic nitrogens is 3. The van der Waals surface area contributed by atoms with Crippen molar-refractivity contribution in [3.05, 3.63) is 29.7 Å². The van der Waals surface area contributed by atoms with Crippen molar-refractivity contribution in [3.8, 4) is 0 Å². The number of pyridine rings is 1. The first kappa shape index (κ1) is 17.3. The molecule has 23 heavy (non-hydrogen) atoms. The molecule has 0 aliphatic heterocycles. The molecule has 0 saturated carbocycles. The van der Waals surface area contributed by atoms with Crippen LogP contribution in [0.2, 0.25) is 0 Å². The Bertz CT molecular complexity index is 718. The van der Waals surface area contributed by atoms with Gasteiger partial charge in [0.15, 0.2) is 0 Å². The second kappa shape index (κ2) is 7.45. The zero-order valence-electron chi connectivity index (χ0n) is 13.7. The van der Waals surface area contributed by atoms with E-state index < -0.39 is 10.0 Å². The third kappa shape index (κ3) is 4.44. The largest absolute Gasteiger partial charge is 0.370 e. The van der Waals surface area contributed by atoms with Gasteiger partial charge in [0.25, 0.3) is 10.0 Å². The van der Waals surface area contributed by atoms with Crippen LogP contribution in [0.5, 0.6) is 0 Å². The van der Waals surface area contributed by atoms with Gasteiger partial charge >= 0.3 is 0 Å². The van der Waals surface area contributed by atoms with E-state index in [2.05, 4.69) is 32.1 Å². The summed E-state index contributed by atoms with van der Waals surface area (Å²) in [6.45, 7) is 6.34. The summed E-state index contributed by atoms with van der Waals surface area (Å²) in [7, 11) is -3.67. The molecule has 2 aromatic heterocycles. The van der Waals surface area contributed by atoms with E-state index >= 15 is 0 Å². The topological polar surface area (TPSA) is 99.8 Å². The van der Waals surface area contributed by atoms with Gasteiger partial charge in [0.05, 0.1) is 23.3 Å². The van der Waals surface area contributed by atoms with E-state index in [1.54, 1.807) is 26.0 Å². The van der Waals surface area contributed by atoms with Crippen LogP contribution < -0.4 is 10.0 Å². The fraction of sp³-hybridized carbons (Fsp3) is 0.467. The number of unbranched alkanes of at least 4 members (excludes halogenated alkanes) is 2. The first-order valence-electron chi connectivity index (χ1n) is 7.68. The highest BCUT2D eigenvalue weighted by atomic mass is 32.2. The molecule has 0 saturated heterocycles. The molecule has 8 heteroatoms. The number of anilines is 2. The maximum absolute atomic E-state index is 12.4. The highest BCUT2D eigenvalue weighted by Gasteiger charge is 2.22. The van der Waals surface area contributed by atoms with Crippen LogP contribution in [-0.4, -0.2) is 30.1 Å². The summed E-state index contributed by atoms with van der Waals surface area (Å²) in [5.74, 6) is 0.736. The van der Waals surface area contributed by atoms with Crippen molar-refractivity contribution in [1.82, 2.24) is 15.2 Å². The Morgan fingerprint density at radius 3 is 2.57 bits per heavy atom. The van der Waals surface area contributed by atoms with Gasteiger partial charge in [-0.05, 0) is 32.4 Å². The van der Waals surface area contributed by atoms with Gasteiger partial charge in [-0.15, -0.1) is 0 Å². The molecule has 0 aliphatic rings. The van der Waals surface area contributed by atoms with Crippen molar-refractivity contribution in [2.45, 2.75) is 44.9 Å². The second-order valence-corrected chi connectivity index (χ2v) is 7.05. The number of aromatic amines is 1. The number of H-pyrrole nitrogens is 1. The lowest BCUT2D eigenvalue weighted by molar-refractivity contribution is 0.600. The third-order valence-corrected chi connectivity index (χ3v) is 5.07. The summed E-state index contributed by atoms with van der Waals surface area (Å²) in [6.07, 6.45) is 4.94. The van der Waals surface area contributed by atoms with Crippen LogP contribution >= 0.6 is 0 Å². The van der Waals surface area contributed by atoms with Gasteiger partial charge in [0.1, 0.15) is 10.7 Å². The number of aryl methyl sites for hydroxylation is 2. The van der Waals surface area contributed by atoms with Gasteiger partial charge < -0.3 is 5.32 Å². The van der Waals surface area contributed by atoms with Gasteiger partial charge in [-0.25, -0.2) is 13.4 Å². The molecular formula is C15H23N5O2S. The maximum Gasteiger partial charge on any atom is 0.265 e. The molecule has 0 amide bonds. The molecule has 126 valence electrons. The number of hydrogen-bond donors (Lipinski definition) is 3. The predicted octanol–water partition coefficient (Wildman–Crippen LogP) is 2.82. The predicted molar refractivity (Wildman–Crippen MR) is 91.1 cm³/mol. The van der Waals surface area contributed by atoms with Crippen LogP contribution in [0.1, 0.15) is 37.6 Å². The van der Waals surface area contributed by atoms with Crippen LogP contribution in [0.4, 0.5) is 11.5 Å². The molecule has 0 aromatic carbocycles. The molecular weight excluding hydrogens is 314 g/mol. The zero-order valence-corrected chi connectivity index (χ0v) is 14.5. The van der Waals surface area contributed by atoms with E-state index in [1.807, 2.05) is 0 Å². The molecule has 0 unspecified atom stereocenters. The van der Waals surface area contributed by atoms with Crippen molar-refractivity contribution >= 4 is 21.5 Å². The molecule has 2 heterocycles. The molecule has 0 fully saturated rings. The van der Waals surface area contributed by atoms with Crippen molar-refractivity contribution in [3.63, 3.8) is 0 Å². The molecule has 2 aromatic rings. The fourth-order valence-corrected chi connectivity index (χ4v) is 3.71. The average molecular weight is 337 g/mol. The lowest BCUT2D eigenvalue weighted by Gasteiger charge is -2.09. The standard InChI is InChI=1S/C15H23N5O2S/c1-4-5-6-9-16-14-8-7-13(10-17-14)20-23(21,22)15-11(2)18-19-12(15)3/h7-8,10,20H,4-6,9H2,1-3H3,(H,16,17)(H,18,19). The quantitative estimate of drug-likeness (QED) is 0.643. The molecule has 0 bridgehead atoms. The van der Waals surface area contributed by atoms with Crippen LogP contribution in [0.25, 0.3) is 0 Å². The summed E-state index contributed by atoms with van der Waals surface area (Å²) in [5.41, 5.74) is 1.37. The summed E-state index contributed by atoms with van der Waals surface area (Å²) in [6, 6.07) is 3.45. The van der Waals surface area contributed by atoms with Crippen molar-refractivity contribution < 1.29 is 8.42 Å². The Morgan fingerprint density at radius 1 is 1.22 bits per heavy atom. The molecule has 0 aliphatic carbocycles. The smallest absolute Gasteiger partial charge is 0.265 e. The lowest BCUT2D eigenvalue weighted by atomic mass is 10.2. The molecule has 0 spiro atoms. The Hall–Kier alpha value is -2.09. The van der Waals surface area contributed by atoms with E-state index in [1.165, 1.54) is 19.0 Å². The van der Waals surface area contributed by atoms with Gasteiger partial charge in [-0.3, -0.25) is 9.82 Å². The Balaban J connectivity index is 2.03. The monoisotopic (exact) mass is 337 g/mol. The van der Waals surface area contributed by atoms with Crippen molar-refractivity contribution in [1.29, 1.82) is 0 Å². The second-order valence-electron chi connectivity index (χ2n) is 5.43. The number of nitrogens with zero attached hydrogens (tertiary/aromatic N) is 2. The lowest BCUT2D eigenvalue weighted by Crippen LogP contribution is -2.15. The minimum absolute atomic E-state index is 0.180. The van der Waals surface area contributed by atoms with Crippen molar-refractivity contribution in [2.75, 3.05) is 16.6 Å². The average Bonchev–Trinajstić information content (AvgIpc) is 2.85. The Morgan fingerprint density at radius 2 is 2.00 bits per heavy atom. The summed E-state index contributed by atoms with van der Waals surface area (Å²) >= 11 is 0. The van der Waals surface area contributed by atoms with Gasteiger partial charge in [0, 0.05) is 6.54 Å². The minimum Gasteiger partial charge on any atom is -0.370 e. The highest BCUT2D eigenvalue weighted by molar-refractivity contribution is 7.92. The maximum atomic E-state index is 12.4. The van der Waals surface area contributed by atoms with E-state index in [4.69, 9.17) is 0 Å². The normalized spacial score (nSPS) is 11.4. The van der Waals surface area contributed by atoms with Gasteiger partial charge in [-0.1, -0.05) is 19.8 Å².